The Bertz CT molecular complexity index is 610. The lowest BCUT2D eigenvalue weighted by Crippen LogP contribution is -2.22. The van der Waals surface area contributed by atoms with E-state index >= 15 is 0 Å². The highest BCUT2D eigenvalue weighted by Crippen LogP contribution is 2.46. The number of hydrogen-bond acceptors (Lipinski definition) is 5. The molecule has 2 unspecified atom stereocenters. The van der Waals surface area contributed by atoms with Crippen molar-refractivity contribution >= 4 is 24.6 Å². The molecular weight excluding hydrogens is 319 g/mol. The molecule has 0 aliphatic rings. The molecule has 0 heterocycles. The first-order valence-corrected chi connectivity index (χ1v) is 8.93. The highest BCUT2D eigenvalue weighted by Gasteiger charge is 2.28. The maximum absolute atomic E-state index is 13.0. The van der Waals surface area contributed by atoms with Gasteiger partial charge in [-0.2, -0.15) is 0 Å². The van der Waals surface area contributed by atoms with Gasteiger partial charge in [-0.05, 0) is 26.0 Å². The van der Waals surface area contributed by atoms with Gasteiger partial charge in [-0.3, -0.25) is 9.36 Å². The predicted molar refractivity (Wildman–Crippen MR) is 87.1 cm³/mol. The maximum atomic E-state index is 13.0. The number of hydrogen-bond donors (Lipinski definition) is 1. The fourth-order valence-electron chi connectivity index (χ4n) is 1.71. The second kappa shape index (κ2) is 8.65. The molecule has 1 rings (SSSR count). The molecular formula is C16H21O6P. The molecule has 0 aliphatic carbocycles. The van der Waals surface area contributed by atoms with Crippen LogP contribution >= 0.6 is 7.37 Å². The molecule has 0 aliphatic heterocycles. The highest BCUT2D eigenvalue weighted by molar-refractivity contribution is 7.67. The third kappa shape index (κ3) is 6.38. The van der Waals surface area contributed by atoms with E-state index in [0.717, 1.165) is 0 Å². The summed E-state index contributed by atoms with van der Waals surface area (Å²) in [5, 5.41) is 9.27. The molecule has 0 saturated carbocycles. The summed E-state index contributed by atoms with van der Waals surface area (Å²) in [5.41, 5.74) is 0.258. The van der Waals surface area contributed by atoms with E-state index in [0.29, 0.717) is 5.30 Å². The van der Waals surface area contributed by atoms with Gasteiger partial charge in [-0.25, -0.2) is 4.79 Å². The molecule has 2 atom stereocenters. The standard InChI is InChI=1S/C16H21O6P/c1-12(2)16(19)22-13(3)11-21-23(20,10-9-15(17)18)14-7-5-4-6-8-14/h4-8,13H,1,9-11H2,2-3H3,(H,17,18). The van der Waals surface area contributed by atoms with E-state index in [4.69, 9.17) is 14.4 Å². The van der Waals surface area contributed by atoms with Crippen LogP contribution in [0.5, 0.6) is 0 Å². The van der Waals surface area contributed by atoms with Crippen molar-refractivity contribution in [2.75, 3.05) is 12.8 Å². The van der Waals surface area contributed by atoms with Crippen molar-refractivity contribution in [3.63, 3.8) is 0 Å². The van der Waals surface area contributed by atoms with Crippen LogP contribution in [0.25, 0.3) is 0 Å². The average molecular weight is 340 g/mol. The zero-order valence-electron chi connectivity index (χ0n) is 13.2. The first-order chi connectivity index (χ1) is 10.7. The van der Waals surface area contributed by atoms with Crippen LogP contribution in [0.3, 0.4) is 0 Å². The smallest absolute Gasteiger partial charge is 0.333 e. The normalized spacial score (nSPS) is 14.5. The summed E-state index contributed by atoms with van der Waals surface area (Å²) in [7, 11) is -3.34. The van der Waals surface area contributed by atoms with E-state index in [9.17, 15) is 14.2 Å². The minimum Gasteiger partial charge on any atom is -0.481 e. The minimum absolute atomic E-state index is 0.0924. The number of rotatable bonds is 9. The van der Waals surface area contributed by atoms with Crippen molar-refractivity contribution in [2.45, 2.75) is 26.4 Å². The van der Waals surface area contributed by atoms with Crippen molar-refractivity contribution in [2.24, 2.45) is 0 Å². The van der Waals surface area contributed by atoms with Gasteiger partial charge in [0.15, 0.2) is 0 Å². The summed E-state index contributed by atoms with van der Waals surface area (Å²) in [6.45, 7) is 6.52. The molecule has 0 saturated heterocycles. The van der Waals surface area contributed by atoms with Crippen molar-refractivity contribution in [1.29, 1.82) is 0 Å². The van der Waals surface area contributed by atoms with Crippen LogP contribution in [-0.2, 0) is 23.4 Å². The third-order valence-electron chi connectivity index (χ3n) is 2.94. The molecule has 0 radical (unpaired) electrons. The van der Waals surface area contributed by atoms with Gasteiger partial charge in [0.2, 0.25) is 7.37 Å². The molecule has 0 bridgehead atoms. The van der Waals surface area contributed by atoms with Gasteiger partial charge in [0.05, 0.1) is 13.0 Å². The van der Waals surface area contributed by atoms with Gasteiger partial charge in [0.1, 0.15) is 6.10 Å². The summed E-state index contributed by atoms with van der Waals surface area (Å²) >= 11 is 0. The number of carbonyl (C=O) groups excluding carboxylic acids is 1. The van der Waals surface area contributed by atoms with E-state index in [1.807, 2.05) is 0 Å². The number of carbonyl (C=O) groups is 2. The van der Waals surface area contributed by atoms with Crippen LogP contribution in [0.2, 0.25) is 0 Å². The van der Waals surface area contributed by atoms with Gasteiger partial charge < -0.3 is 14.4 Å². The van der Waals surface area contributed by atoms with E-state index < -0.39 is 25.4 Å². The van der Waals surface area contributed by atoms with E-state index in [2.05, 4.69) is 6.58 Å². The molecule has 0 spiro atoms. The van der Waals surface area contributed by atoms with Crippen LogP contribution in [0.4, 0.5) is 0 Å². The Morgan fingerprint density at radius 1 is 1.30 bits per heavy atom. The fourth-order valence-corrected chi connectivity index (χ4v) is 3.81. The average Bonchev–Trinajstić information content (AvgIpc) is 2.51. The molecule has 1 aromatic rings. The maximum Gasteiger partial charge on any atom is 0.333 e. The van der Waals surface area contributed by atoms with E-state index in [1.165, 1.54) is 6.92 Å². The van der Waals surface area contributed by atoms with Crippen molar-refractivity contribution in [3.8, 4) is 0 Å². The predicted octanol–water partition coefficient (Wildman–Crippen LogP) is 2.59. The molecule has 6 nitrogen and oxygen atoms in total. The van der Waals surface area contributed by atoms with Gasteiger partial charge in [-0.1, -0.05) is 24.8 Å². The second-order valence-corrected chi connectivity index (χ2v) is 7.74. The minimum atomic E-state index is -3.34. The fraction of sp³-hybridized carbons (Fsp3) is 0.375. The van der Waals surface area contributed by atoms with Gasteiger partial charge in [-0.15, -0.1) is 0 Å². The summed E-state index contributed by atoms with van der Waals surface area (Å²) in [6, 6.07) is 8.44. The van der Waals surface area contributed by atoms with Gasteiger partial charge >= 0.3 is 11.9 Å². The van der Waals surface area contributed by atoms with Crippen LogP contribution in [0.1, 0.15) is 20.3 Å². The first-order valence-electron chi connectivity index (χ1n) is 7.12. The summed E-state index contributed by atoms with van der Waals surface area (Å²) in [4.78, 5) is 22.2. The summed E-state index contributed by atoms with van der Waals surface area (Å²) < 4.78 is 23.6. The quantitative estimate of drug-likeness (QED) is 0.422. The molecule has 0 fully saturated rings. The Hall–Kier alpha value is -1.91. The molecule has 7 heteroatoms. The largest absolute Gasteiger partial charge is 0.481 e. The number of benzene rings is 1. The van der Waals surface area contributed by atoms with Gasteiger partial charge in [0.25, 0.3) is 0 Å². The summed E-state index contributed by atoms with van der Waals surface area (Å²) in [5.74, 6) is -1.60. The topological polar surface area (TPSA) is 89.9 Å². The Morgan fingerprint density at radius 3 is 2.43 bits per heavy atom. The first kappa shape index (κ1) is 19.1. The molecule has 126 valence electrons. The van der Waals surface area contributed by atoms with E-state index in [1.54, 1.807) is 37.3 Å². The second-order valence-electron chi connectivity index (χ2n) is 5.17. The lowest BCUT2D eigenvalue weighted by molar-refractivity contribution is -0.144. The molecule has 0 aromatic heterocycles. The van der Waals surface area contributed by atoms with Crippen LogP contribution < -0.4 is 5.30 Å². The van der Waals surface area contributed by atoms with Crippen LogP contribution in [0.15, 0.2) is 42.5 Å². The highest BCUT2D eigenvalue weighted by atomic mass is 31.2. The zero-order chi connectivity index (χ0) is 17.5. The number of aliphatic carboxylic acids is 1. The monoisotopic (exact) mass is 340 g/mol. The Balaban J connectivity index is 2.78. The van der Waals surface area contributed by atoms with Crippen molar-refractivity contribution in [1.82, 2.24) is 0 Å². The number of carboxylic acid groups (broad SMARTS) is 1. The Kier molecular flexibility index (Phi) is 7.20. The lowest BCUT2D eigenvalue weighted by atomic mass is 10.3. The van der Waals surface area contributed by atoms with Crippen molar-refractivity contribution < 1.29 is 28.5 Å². The molecule has 0 amide bonds. The SMILES string of the molecule is C=C(C)C(=O)OC(C)COP(=O)(CCC(=O)O)c1ccccc1. The zero-order valence-corrected chi connectivity index (χ0v) is 14.1. The van der Waals surface area contributed by atoms with E-state index in [-0.39, 0.29) is 24.8 Å². The van der Waals surface area contributed by atoms with Gasteiger partial charge in [0, 0.05) is 17.0 Å². The molecule has 1 aromatic carbocycles. The van der Waals surface area contributed by atoms with Crippen LogP contribution in [-0.4, -0.2) is 35.9 Å². The number of carboxylic acids is 1. The molecule has 23 heavy (non-hydrogen) atoms. The van der Waals surface area contributed by atoms with Crippen molar-refractivity contribution in [3.05, 3.63) is 42.5 Å². The number of esters is 1. The third-order valence-corrected chi connectivity index (χ3v) is 5.41. The summed E-state index contributed by atoms with van der Waals surface area (Å²) in [6.07, 6.45) is -1.01. The van der Waals surface area contributed by atoms with Crippen LogP contribution in [0, 0.1) is 0 Å². The number of ether oxygens (including phenoxy) is 1. The Labute approximate surface area is 135 Å². The molecule has 1 N–H and O–H groups in total. The Morgan fingerprint density at radius 2 is 1.91 bits per heavy atom. The lowest BCUT2D eigenvalue weighted by Gasteiger charge is -2.21.